The number of rotatable bonds is 5. The standard InChI is InChI=1S/C18H18FNO2/c1-20(10-4-6-15-5-2-3-7-16(15)19)12-14-8-9-17-18(11-14)22-13-21-17/h2-9,11H,10,12-13H2,1H3/b6-4+. The highest BCUT2D eigenvalue weighted by Crippen LogP contribution is 2.32. The second-order valence-corrected chi connectivity index (χ2v) is 5.31. The Morgan fingerprint density at radius 3 is 2.82 bits per heavy atom. The monoisotopic (exact) mass is 299 g/mol. The number of nitrogens with zero attached hydrogens (tertiary/aromatic N) is 1. The topological polar surface area (TPSA) is 21.7 Å². The molecule has 0 aromatic heterocycles. The Balaban J connectivity index is 1.56. The predicted octanol–water partition coefficient (Wildman–Crippen LogP) is 3.70. The molecule has 2 aromatic carbocycles. The molecule has 0 amide bonds. The molecule has 0 spiro atoms. The summed E-state index contributed by atoms with van der Waals surface area (Å²) < 4.78 is 24.2. The van der Waals surface area contributed by atoms with E-state index in [2.05, 4.69) is 4.90 Å². The lowest BCUT2D eigenvalue weighted by Crippen LogP contribution is -2.17. The molecule has 0 bridgehead atoms. The van der Waals surface area contributed by atoms with Gasteiger partial charge in [0.1, 0.15) is 5.82 Å². The van der Waals surface area contributed by atoms with Crippen molar-refractivity contribution in [2.24, 2.45) is 0 Å². The molecule has 22 heavy (non-hydrogen) atoms. The van der Waals surface area contributed by atoms with Gasteiger partial charge in [0, 0.05) is 18.7 Å². The second kappa shape index (κ2) is 6.62. The van der Waals surface area contributed by atoms with Crippen LogP contribution in [0.3, 0.4) is 0 Å². The lowest BCUT2D eigenvalue weighted by molar-refractivity contribution is 0.174. The first-order chi connectivity index (χ1) is 10.7. The summed E-state index contributed by atoms with van der Waals surface area (Å²) in [5, 5.41) is 0. The highest BCUT2D eigenvalue weighted by molar-refractivity contribution is 5.49. The Bertz CT molecular complexity index is 685. The normalized spacial score (nSPS) is 13.2. The molecule has 1 heterocycles. The van der Waals surface area contributed by atoms with Crippen LogP contribution in [0.1, 0.15) is 11.1 Å². The maximum Gasteiger partial charge on any atom is 0.231 e. The molecule has 0 aliphatic carbocycles. The lowest BCUT2D eigenvalue weighted by atomic mass is 10.2. The van der Waals surface area contributed by atoms with Gasteiger partial charge in [-0.15, -0.1) is 0 Å². The number of likely N-dealkylation sites (N-methyl/N-ethyl adjacent to an activating group) is 1. The largest absolute Gasteiger partial charge is 0.454 e. The van der Waals surface area contributed by atoms with Gasteiger partial charge in [-0.2, -0.15) is 0 Å². The van der Waals surface area contributed by atoms with Crippen molar-refractivity contribution in [1.29, 1.82) is 0 Å². The highest BCUT2D eigenvalue weighted by atomic mass is 19.1. The Kier molecular flexibility index (Phi) is 4.39. The summed E-state index contributed by atoms with van der Waals surface area (Å²) in [5.41, 5.74) is 1.77. The quantitative estimate of drug-likeness (QED) is 0.840. The van der Waals surface area contributed by atoms with Gasteiger partial charge in [-0.25, -0.2) is 4.39 Å². The van der Waals surface area contributed by atoms with Crippen LogP contribution in [0.2, 0.25) is 0 Å². The van der Waals surface area contributed by atoms with Gasteiger partial charge in [0.15, 0.2) is 11.5 Å². The maximum absolute atomic E-state index is 13.5. The smallest absolute Gasteiger partial charge is 0.231 e. The summed E-state index contributed by atoms with van der Waals surface area (Å²) in [6, 6.07) is 12.7. The first kappa shape index (κ1) is 14.6. The highest BCUT2D eigenvalue weighted by Gasteiger charge is 2.13. The molecular weight excluding hydrogens is 281 g/mol. The molecule has 4 heteroatoms. The van der Waals surface area contributed by atoms with Crippen LogP contribution in [-0.2, 0) is 6.54 Å². The van der Waals surface area contributed by atoms with Crippen molar-refractivity contribution in [3.8, 4) is 11.5 Å². The van der Waals surface area contributed by atoms with Crippen molar-refractivity contribution in [3.63, 3.8) is 0 Å². The first-order valence-electron chi connectivity index (χ1n) is 7.20. The summed E-state index contributed by atoms with van der Waals surface area (Å²) in [6.07, 6.45) is 3.77. The van der Waals surface area contributed by atoms with Crippen LogP contribution in [0.4, 0.5) is 4.39 Å². The minimum Gasteiger partial charge on any atom is -0.454 e. The van der Waals surface area contributed by atoms with Gasteiger partial charge in [0.2, 0.25) is 6.79 Å². The molecule has 114 valence electrons. The molecule has 3 nitrogen and oxygen atoms in total. The van der Waals surface area contributed by atoms with Crippen LogP contribution in [0.15, 0.2) is 48.5 Å². The van der Waals surface area contributed by atoms with Gasteiger partial charge in [0.25, 0.3) is 0 Å². The molecule has 0 saturated carbocycles. The maximum atomic E-state index is 13.5. The lowest BCUT2D eigenvalue weighted by Gasteiger charge is -2.14. The SMILES string of the molecule is CN(C/C=C/c1ccccc1F)Cc1ccc2c(c1)OCO2. The van der Waals surface area contributed by atoms with E-state index in [9.17, 15) is 4.39 Å². The zero-order chi connectivity index (χ0) is 15.4. The minimum absolute atomic E-state index is 0.197. The van der Waals surface area contributed by atoms with Gasteiger partial charge < -0.3 is 9.47 Å². The van der Waals surface area contributed by atoms with Gasteiger partial charge >= 0.3 is 0 Å². The summed E-state index contributed by atoms with van der Waals surface area (Å²) in [4.78, 5) is 2.15. The molecule has 2 aromatic rings. The zero-order valence-corrected chi connectivity index (χ0v) is 12.5. The van der Waals surface area contributed by atoms with Crippen LogP contribution in [0.25, 0.3) is 6.08 Å². The molecule has 1 aliphatic heterocycles. The van der Waals surface area contributed by atoms with Crippen molar-refractivity contribution in [3.05, 3.63) is 65.5 Å². The molecular formula is C18H18FNO2. The fraction of sp³-hybridized carbons (Fsp3) is 0.222. The third kappa shape index (κ3) is 3.46. The van der Waals surface area contributed by atoms with Crippen molar-refractivity contribution in [2.75, 3.05) is 20.4 Å². The Morgan fingerprint density at radius 1 is 1.14 bits per heavy atom. The summed E-state index contributed by atoms with van der Waals surface area (Å²) in [6.45, 7) is 1.82. The molecule has 0 radical (unpaired) electrons. The Hall–Kier alpha value is -2.33. The fourth-order valence-electron chi connectivity index (χ4n) is 2.39. The van der Waals surface area contributed by atoms with Crippen molar-refractivity contribution in [2.45, 2.75) is 6.54 Å². The number of hydrogen-bond acceptors (Lipinski definition) is 3. The Morgan fingerprint density at radius 2 is 1.95 bits per heavy atom. The Labute approximate surface area is 129 Å². The first-order valence-corrected chi connectivity index (χ1v) is 7.20. The number of halogens is 1. The van der Waals surface area contributed by atoms with E-state index in [4.69, 9.17) is 9.47 Å². The van der Waals surface area contributed by atoms with E-state index in [-0.39, 0.29) is 5.82 Å². The zero-order valence-electron chi connectivity index (χ0n) is 12.5. The van der Waals surface area contributed by atoms with E-state index < -0.39 is 0 Å². The van der Waals surface area contributed by atoms with Crippen LogP contribution in [0, 0.1) is 5.82 Å². The van der Waals surface area contributed by atoms with Gasteiger partial charge in [0.05, 0.1) is 0 Å². The van der Waals surface area contributed by atoms with Crippen LogP contribution in [-0.4, -0.2) is 25.3 Å². The number of hydrogen-bond donors (Lipinski definition) is 0. The van der Waals surface area contributed by atoms with Crippen LogP contribution < -0.4 is 9.47 Å². The molecule has 3 rings (SSSR count). The number of ether oxygens (including phenoxy) is 2. The van der Waals surface area contributed by atoms with E-state index >= 15 is 0 Å². The van der Waals surface area contributed by atoms with E-state index in [0.717, 1.165) is 30.2 Å². The van der Waals surface area contributed by atoms with E-state index in [1.165, 1.54) is 6.07 Å². The van der Waals surface area contributed by atoms with Gasteiger partial charge in [-0.3, -0.25) is 4.90 Å². The summed E-state index contributed by atoms with van der Waals surface area (Å²) in [7, 11) is 2.02. The van der Waals surface area contributed by atoms with Crippen molar-refractivity contribution >= 4 is 6.08 Å². The molecule has 0 saturated heterocycles. The molecule has 0 unspecified atom stereocenters. The molecule has 1 aliphatic rings. The third-order valence-corrected chi connectivity index (χ3v) is 3.51. The number of fused-ring (bicyclic) bond motifs is 1. The summed E-state index contributed by atoms with van der Waals surface area (Å²) >= 11 is 0. The van der Waals surface area contributed by atoms with E-state index in [0.29, 0.717) is 12.4 Å². The molecule has 0 atom stereocenters. The van der Waals surface area contributed by atoms with Crippen LogP contribution >= 0.6 is 0 Å². The minimum atomic E-state index is -0.197. The van der Waals surface area contributed by atoms with Gasteiger partial charge in [-0.1, -0.05) is 36.4 Å². The third-order valence-electron chi connectivity index (χ3n) is 3.51. The van der Waals surface area contributed by atoms with E-state index in [1.54, 1.807) is 12.1 Å². The fourth-order valence-corrected chi connectivity index (χ4v) is 2.39. The molecule has 0 N–H and O–H groups in total. The average molecular weight is 299 g/mol. The van der Waals surface area contributed by atoms with Crippen molar-refractivity contribution < 1.29 is 13.9 Å². The van der Waals surface area contributed by atoms with Gasteiger partial charge in [-0.05, 0) is 30.8 Å². The van der Waals surface area contributed by atoms with Crippen LogP contribution in [0.5, 0.6) is 11.5 Å². The number of benzene rings is 2. The predicted molar refractivity (Wildman–Crippen MR) is 84.3 cm³/mol. The molecule has 0 fully saturated rings. The van der Waals surface area contributed by atoms with Crippen molar-refractivity contribution in [1.82, 2.24) is 4.90 Å². The van der Waals surface area contributed by atoms with E-state index in [1.807, 2.05) is 43.5 Å². The summed E-state index contributed by atoms with van der Waals surface area (Å²) in [5.74, 6) is 1.40. The average Bonchev–Trinajstić information content (AvgIpc) is 2.97. The second-order valence-electron chi connectivity index (χ2n) is 5.31.